The summed E-state index contributed by atoms with van der Waals surface area (Å²) in [5, 5.41) is 7.58. The van der Waals surface area contributed by atoms with Crippen LogP contribution >= 0.6 is 11.6 Å². The lowest BCUT2D eigenvalue weighted by atomic mass is 9.88. The Kier molecular flexibility index (Phi) is 5.18. The minimum Gasteiger partial charge on any atom is -0.364 e. The molecular formula is C25H18ClFN4O2. The molecule has 0 radical (unpaired) electrons. The Morgan fingerprint density at radius 1 is 1.03 bits per heavy atom. The van der Waals surface area contributed by atoms with Crippen molar-refractivity contribution in [2.75, 3.05) is 5.32 Å². The zero-order valence-electron chi connectivity index (χ0n) is 17.3. The predicted molar refractivity (Wildman–Crippen MR) is 124 cm³/mol. The van der Waals surface area contributed by atoms with Gasteiger partial charge >= 0.3 is 0 Å². The van der Waals surface area contributed by atoms with Crippen molar-refractivity contribution in [1.82, 2.24) is 9.78 Å². The van der Waals surface area contributed by atoms with Crippen LogP contribution < -0.4 is 11.1 Å². The molecule has 1 heterocycles. The molecule has 164 valence electrons. The predicted octanol–water partition coefficient (Wildman–Crippen LogP) is 4.78. The van der Waals surface area contributed by atoms with E-state index in [-0.39, 0.29) is 17.3 Å². The first-order valence-corrected chi connectivity index (χ1v) is 10.7. The van der Waals surface area contributed by atoms with Gasteiger partial charge in [-0.1, -0.05) is 41.9 Å². The molecule has 0 saturated heterocycles. The number of para-hydroxylation sites is 1. The van der Waals surface area contributed by atoms with E-state index in [9.17, 15) is 14.0 Å². The molecule has 3 aromatic carbocycles. The number of aromatic nitrogens is 2. The second-order valence-corrected chi connectivity index (χ2v) is 8.12. The van der Waals surface area contributed by atoms with Crippen LogP contribution in [0, 0.1) is 5.82 Å². The van der Waals surface area contributed by atoms with E-state index < -0.39 is 11.7 Å². The number of hydrogen-bond acceptors (Lipinski definition) is 3. The maximum atomic E-state index is 14.7. The number of aryl methyl sites for hydroxylation is 1. The van der Waals surface area contributed by atoms with Crippen LogP contribution in [-0.2, 0) is 12.8 Å². The van der Waals surface area contributed by atoms with E-state index in [2.05, 4.69) is 10.4 Å². The molecule has 8 heteroatoms. The Hall–Kier alpha value is -3.97. The van der Waals surface area contributed by atoms with Crippen LogP contribution in [0.25, 0.3) is 16.9 Å². The average molecular weight is 461 g/mol. The molecule has 0 spiro atoms. The smallest absolute Gasteiger partial charge is 0.269 e. The van der Waals surface area contributed by atoms with Crippen molar-refractivity contribution in [3.63, 3.8) is 0 Å². The first-order chi connectivity index (χ1) is 15.9. The molecule has 0 atom stereocenters. The van der Waals surface area contributed by atoms with Crippen LogP contribution in [0.5, 0.6) is 0 Å². The molecule has 4 aromatic rings. The third-order valence-corrected chi connectivity index (χ3v) is 6.01. The second-order valence-electron chi connectivity index (χ2n) is 7.71. The zero-order chi connectivity index (χ0) is 23.1. The van der Waals surface area contributed by atoms with Crippen LogP contribution in [0.4, 0.5) is 10.1 Å². The van der Waals surface area contributed by atoms with Gasteiger partial charge in [0.05, 0.1) is 16.3 Å². The highest BCUT2D eigenvalue weighted by molar-refractivity contribution is 6.34. The number of rotatable bonds is 4. The van der Waals surface area contributed by atoms with Gasteiger partial charge in [0.25, 0.3) is 11.8 Å². The number of carbonyl (C=O) groups excluding carboxylic acids is 2. The number of amides is 2. The van der Waals surface area contributed by atoms with Crippen molar-refractivity contribution >= 4 is 29.1 Å². The van der Waals surface area contributed by atoms with E-state index >= 15 is 0 Å². The fourth-order valence-electron chi connectivity index (χ4n) is 4.16. The van der Waals surface area contributed by atoms with Gasteiger partial charge in [-0.3, -0.25) is 9.59 Å². The maximum Gasteiger partial charge on any atom is 0.269 e. The SMILES string of the molecule is NC(=O)c1nn(-c2ccccc2F)c2c1CCc1ccc(NC(=O)c3ccccc3Cl)cc1-2. The summed E-state index contributed by atoms with van der Waals surface area (Å²) in [6.45, 7) is 0. The van der Waals surface area contributed by atoms with E-state index in [1.807, 2.05) is 6.07 Å². The van der Waals surface area contributed by atoms with E-state index in [1.54, 1.807) is 54.6 Å². The number of halogens is 2. The molecule has 0 bridgehead atoms. The average Bonchev–Trinajstić information content (AvgIpc) is 3.20. The number of hydrogen-bond donors (Lipinski definition) is 2. The second kappa shape index (κ2) is 8.18. The molecule has 1 aliphatic carbocycles. The van der Waals surface area contributed by atoms with Gasteiger partial charge in [-0.25, -0.2) is 9.07 Å². The summed E-state index contributed by atoms with van der Waals surface area (Å²) in [6, 6.07) is 18.5. The van der Waals surface area contributed by atoms with Crippen molar-refractivity contribution in [2.24, 2.45) is 5.73 Å². The number of benzene rings is 3. The lowest BCUT2D eigenvalue weighted by molar-refractivity contribution is 0.0992. The Morgan fingerprint density at radius 3 is 2.55 bits per heavy atom. The third kappa shape index (κ3) is 3.66. The Bertz CT molecular complexity index is 1430. The van der Waals surface area contributed by atoms with Gasteiger partial charge < -0.3 is 11.1 Å². The Labute approximate surface area is 193 Å². The molecule has 0 fully saturated rings. The lowest BCUT2D eigenvalue weighted by Crippen LogP contribution is -2.15. The van der Waals surface area contributed by atoms with Gasteiger partial charge in [0.2, 0.25) is 0 Å². The van der Waals surface area contributed by atoms with Gasteiger partial charge in [-0.2, -0.15) is 5.10 Å². The summed E-state index contributed by atoms with van der Waals surface area (Å²) in [6.07, 6.45) is 1.20. The summed E-state index contributed by atoms with van der Waals surface area (Å²) in [4.78, 5) is 24.9. The van der Waals surface area contributed by atoms with Crippen LogP contribution in [0.3, 0.4) is 0 Å². The molecule has 3 N–H and O–H groups in total. The van der Waals surface area contributed by atoms with Crippen LogP contribution in [0.2, 0.25) is 5.02 Å². The molecule has 5 rings (SSSR count). The molecule has 0 unspecified atom stereocenters. The standard InChI is InChI=1S/C25H18ClFN4O2/c26-19-6-2-1-5-16(19)25(33)29-15-11-9-14-10-12-17-22(24(28)32)30-31(23(17)18(14)13-15)21-8-4-3-7-20(21)27/h1-9,11,13H,10,12H2,(H2,28,32)(H,29,33). The largest absolute Gasteiger partial charge is 0.364 e. The molecule has 0 aliphatic heterocycles. The van der Waals surface area contributed by atoms with Gasteiger partial charge in [-0.15, -0.1) is 0 Å². The lowest BCUT2D eigenvalue weighted by Gasteiger charge is -2.20. The highest BCUT2D eigenvalue weighted by Crippen LogP contribution is 2.38. The molecule has 2 amide bonds. The number of anilines is 1. The van der Waals surface area contributed by atoms with E-state index in [1.165, 1.54) is 10.7 Å². The number of nitrogens with zero attached hydrogens (tertiary/aromatic N) is 2. The van der Waals surface area contributed by atoms with Crippen LogP contribution in [-0.4, -0.2) is 21.6 Å². The topological polar surface area (TPSA) is 90.0 Å². The monoisotopic (exact) mass is 460 g/mol. The molecule has 0 saturated carbocycles. The Balaban J connectivity index is 1.63. The quantitative estimate of drug-likeness (QED) is 0.459. The summed E-state index contributed by atoms with van der Waals surface area (Å²) >= 11 is 6.15. The third-order valence-electron chi connectivity index (χ3n) is 5.68. The number of nitrogens with two attached hydrogens (primary N) is 1. The van der Waals surface area contributed by atoms with Crippen molar-refractivity contribution in [3.8, 4) is 16.9 Å². The number of primary amides is 1. The van der Waals surface area contributed by atoms with Crippen molar-refractivity contribution in [1.29, 1.82) is 0 Å². The number of fused-ring (bicyclic) bond motifs is 3. The van der Waals surface area contributed by atoms with Crippen LogP contribution in [0.15, 0.2) is 66.7 Å². The highest BCUT2D eigenvalue weighted by Gasteiger charge is 2.29. The molecule has 33 heavy (non-hydrogen) atoms. The molecule has 6 nitrogen and oxygen atoms in total. The zero-order valence-corrected chi connectivity index (χ0v) is 18.1. The highest BCUT2D eigenvalue weighted by atomic mass is 35.5. The van der Waals surface area contributed by atoms with E-state index in [0.717, 1.165) is 11.1 Å². The first-order valence-electron chi connectivity index (χ1n) is 10.3. The summed E-state index contributed by atoms with van der Waals surface area (Å²) in [5.74, 6) is -1.50. The molecule has 1 aliphatic rings. The van der Waals surface area contributed by atoms with Crippen molar-refractivity contribution in [3.05, 3.63) is 100.0 Å². The normalized spacial score (nSPS) is 12.1. The van der Waals surface area contributed by atoms with Crippen molar-refractivity contribution < 1.29 is 14.0 Å². The Morgan fingerprint density at radius 2 is 1.79 bits per heavy atom. The summed E-state index contributed by atoms with van der Waals surface area (Å²) in [5.41, 5.74) is 9.78. The van der Waals surface area contributed by atoms with Gasteiger partial charge in [0.15, 0.2) is 5.69 Å². The number of carbonyl (C=O) groups is 2. The fourth-order valence-corrected chi connectivity index (χ4v) is 4.38. The molecular weight excluding hydrogens is 443 g/mol. The van der Waals surface area contributed by atoms with Gasteiger partial charge in [0, 0.05) is 16.8 Å². The summed E-state index contributed by atoms with van der Waals surface area (Å²) in [7, 11) is 0. The van der Waals surface area contributed by atoms with Crippen molar-refractivity contribution in [2.45, 2.75) is 12.8 Å². The summed E-state index contributed by atoms with van der Waals surface area (Å²) < 4.78 is 16.1. The number of nitrogens with one attached hydrogen (secondary N) is 1. The van der Waals surface area contributed by atoms with E-state index in [0.29, 0.717) is 40.4 Å². The van der Waals surface area contributed by atoms with Gasteiger partial charge in [0.1, 0.15) is 11.5 Å². The minimum atomic E-state index is -0.673. The minimum absolute atomic E-state index is 0.115. The fraction of sp³-hybridized carbons (Fsp3) is 0.0800. The first kappa shape index (κ1) is 20.9. The van der Waals surface area contributed by atoms with Gasteiger partial charge in [-0.05, 0) is 54.8 Å². The van der Waals surface area contributed by atoms with E-state index in [4.69, 9.17) is 17.3 Å². The molecule has 1 aromatic heterocycles. The maximum absolute atomic E-state index is 14.7. The van der Waals surface area contributed by atoms with Crippen LogP contribution in [0.1, 0.15) is 32.0 Å².